The fraction of sp³-hybridized carbons (Fsp3) is 0.0526. The van der Waals surface area contributed by atoms with E-state index < -0.39 is 23.1 Å². The van der Waals surface area contributed by atoms with E-state index in [-0.39, 0.29) is 5.82 Å². The molecule has 1 aromatic carbocycles. The minimum Gasteiger partial charge on any atom is -0.305 e. The third kappa shape index (κ3) is 3.01. The Morgan fingerprint density at radius 1 is 1.04 bits per heavy atom. The van der Waals surface area contributed by atoms with Crippen molar-refractivity contribution in [1.82, 2.24) is 19.6 Å². The van der Waals surface area contributed by atoms with Gasteiger partial charge in [-0.05, 0) is 31.2 Å². The summed E-state index contributed by atoms with van der Waals surface area (Å²) in [6.07, 6.45) is 4.64. The molecule has 0 saturated carbocycles. The van der Waals surface area contributed by atoms with Gasteiger partial charge in [0.1, 0.15) is 17.2 Å². The smallest absolute Gasteiger partial charge is 0.262 e. The van der Waals surface area contributed by atoms with Gasteiger partial charge in [0.25, 0.3) is 5.91 Å². The van der Waals surface area contributed by atoms with Crippen molar-refractivity contribution in [2.24, 2.45) is 0 Å². The number of halogens is 2. The van der Waals surface area contributed by atoms with Crippen LogP contribution in [-0.4, -0.2) is 25.5 Å². The van der Waals surface area contributed by atoms with Crippen molar-refractivity contribution in [3.05, 3.63) is 77.9 Å². The molecule has 27 heavy (non-hydrogen) atoms. The number of carbonyl (C=O) groups excluding carboxylic acids is 1. The van der Waals surface area contributed by atoms with E-state index in [0.29, 0.717) is 5.69 Å². The minimum atomic E-state index is -0.945. The lowest BCUT2D eigenvalue weighted by Crippen LogP contribution is -2.16. The van der Waals surface area contributed by atoms with E-state index in [4.69, 9.17) is 0 Å². The van der Waals surface area contributed by atoms with Gasteiger partial charge in [0.2, 0.25) is 0 Å². The van der Waals surface area contributed by atoms with Crippen LogP contribution in [0.4, 0.5) is 14.6 Å². The molecule has 3 heterocycles. The van der Waals surface area contributed by atoms with Crippen LogP contribution in [0.15, 0.2) is 55.0 Å². The molecule has 3 aromatic heterocycles. The van der Waals surface area contributed by atoms with Gasteiger partial charge in [0.05, 0.1) is 34.9 Å². The second-order valence-electron chi connectivity index (χ2n) is 5.83. The molecule has 134 valence electrons. The molecule has 1 N–H and O–H groups in total. The molecular weight excluding hydrogens is 352 g/mol. The highest BCUT2D eigenvalue weighted by molar-refractivity contribution is 6.04. The third-order valence-electron chi connectivity index (χ3n) is 4.05. The number of amides is 1. The zero-order chi connectivity index (χ0) is 19.0. The largest absolute Gasteiger partial charge is 0.305 e. The number of nitrogens with one attached hydrogen (secondary N) is 1. The molecule has 0 radical (unpaired) electrons. The highest BCUT2D eigenvalue weighted by Crippen LogP contribution is 2.26. The molecule has 0 bridgehead atoms. The molecule has 0 aliphatic heterocycles. The summed E-state index contributed by atoms with van der Waals surface area (Å²) < 4.78 is 29.1. The maximum Gasteiger partial charge on any atom is 0.262 e. The van der Waals surface area contributed by atoms with Crippen LogP contribution >= 0.6 is 0 Å². The second kappa shape index (κ2) is 6.56. The lowest BCUT2D eigenvalue weighted by Gasteiger charge is -2.07. The van der Waals surface area contributed by atoms with Crippen LogP contribution in [0.3, 0.4) is 0 Å². The first kappa shape index (κ1) is 16.8. The van der Waals surface area contributed by atoms with E-state index in [9.17, 15) is 13.6 Å². The van der Waals surface area contributed by atoms with Crippen LogP contribution in [0.25, 0.3) is 16.8 Å². The summed E-state index contributed by atoms with van der Waals surface area (Å²) in [6, 6.07) is 8.89. The lowest BCUT2D eigenvalue weighted by molar-refractivity contribution is 0.101. The Balaban J connectivity index is 1.63. The first-order valence-electron chi connectivity index (χ1n) is 8.06. The minimum absolute atomic E-state index is 0.0838. The molecule has 0 atom stereocenters. The van der Waals surface area contributed by atoms with Gasteiger partial charge in [-0.1, -0.05) is 12.1 Å². The Morgan fingerprint density at radius 2 is 1.81 bits per heavy atom. The number of hydrogen-bond donors (Lipinski definition) is 1. The average Bonchev–Trinajstić information content (AvgIpc) is 2.98. The first-order chi connectivity index (χ1) is 13.0. The molecule has 0 spiro atoms. The van der Waals surface area contributed by atoms with Crippen LogP contribution in [0.1, 0.15) is 16.1 Å². The maximum atomic E-state index is 13.7. The fourth-order valence-corrected chi connectivity index (χ4v) is 2.85. The van der Waals surface area contributed by atoms with Crippen molar-refractivity contribution in [1.29, 1.82) is 0 Å². The predicted octanol–water partition coefficient (Wildman–Crippen LogP) is 3.63. The molecule has 0 unspecified atom stereocenters. The van der Waals surface area contributed by atoms with E-state index in [0.717, 1.165) is 28.9 Å². The maximum absolute atomic E-state index is 13.7. The number of nitrogens with zero attached hydrogens (tertiary/aromatic N) is 4. The number of carbonyl (C=O) groups is 1. The van der Waals surface area contributed by atoms with Gasteiger partial charge in [-0.15, -0.1) is 0 Å². The summed E-state index contributed by atoms with van der Waals surface area (Å²) in [7, 11) is 0. The van der Waals surface area contributed by atoms with Crippen molar-refractivity contribution in [2.75, 3.05) is 5.32 Å². The summed E-state index contributed by atoms with van der Waals surface area (Å²) in [5.74, 6) is -2.74. The van der Waals surface area contributed by atoms with E-state index in [2.05, 4.69) is 20.4 Å². The van der Waals surface area contributed by atoms with Gasteiger partial charge in [-0.2, -0.15) is 5.10 Å². The standard InChI is InChI=1S/C19H13F2N5O/c1-11-17(15-7-2-3-8-26(15)25-11)14-9-23-16(10-22-14)24-19(27)18-12(20)5-4-6-13(18)21/h2-10H,1H3,(H,23,24,27). The van der Waals surface area contributed by atoms with Crippen molar-refractivity contribution in [3.63, 3.8) is 0 Å². The van der Waals surface area contributed by atoms with Crippen LogP contribution in [0.2, 0.25) is 0 Å². The number of fused-ring (bicyclic) bond motifs is 1. The Morgan fingerprint density at radius 3 is 2.52 bits per heavy atom. The summed E-state index contributed by atoms with van der Waals surface area (Å²) in [4.78, 5) is 20.6. The Bertz CT molecular complexity index is 1130. The number of anilines is 1. The molecule has 4 aromatic rings. The highest BCUT2D eigenvalue weighted by atomic mass is 19.1. The topological polar surface area (TPSA) is 72.2 Å². The van der Waals surface area contributed by atoms with Gasteiger partial charge in [-0.25, -0.2) is 18.3 Å². The van der Waals surface area contributed by atoms with Crippen LogP contribution in [0, 0.1) is 18.6 Å². The lowest BCUT2D eigenvalue weighted by atomic mass is 10.1. The molecule has 8 heteroatoms. The number of rotatable bonds is 3. The van der Waals surface area contributed by atoms with E-state index >= 15 is 0 Å². The van der Waals surface area contributed by atoms with Gasteiger partial charge < -0.3 is 5.32 Å². The van der Waals surface area contributed by atoms with E-state index in [1.54, 1.807) is 4.52 Å². The van der Waals surface area contributed by atoms with Crippen molar-refractivity contribution >= 4 is 17.2 Å². The van der Waals surface area contributed by atoms with Crippen LogP contribution in [-0.2, 0) is 0 Å². The third-order valence-corrected chi connectivity index (χ3v) is 4.05. The zero-order valence-electron chi connectivity index (χ0n) is 14.1. The van der Waals surface area contributed by atoms with Gasteiger partial charge in [0, 0.05) is 6.20 Å². The molecule has 0 aliphatic carbocycles. The average molecular weight is 365 g/mol. The Labute approximate surface area is 152 Å². The monoisotopic (exact) mass is 365 g/mol. The summed E-state index contributed by atoms with van der Waals surface area (Å²) in [5.41, 5.74) is 2.38. The van der Waals surface area contributed by atoms with Gasteiger partial charge in [-0.3, -0.25) is 9.78 Å². The van der Waals surface area contributed by atoms with Gasteiger partial charge in [0.15, 0.2) is 5.82 Å². The number of aromatic nitrogens is 4. The summed E-state index contributed by atoms with van der Waals surface area (Å²) >= 11 is 0. The Kier molecular flexibility index (Phi) is 4.08. The molecule has 0 aliphatic rings. The molecule has 4 rings (SSSR count). The number of pyridine rings is 1. The number of benzene rings is 1. The number of aryl methyl sites for hydroxylation is 1. The van der Waals surface area contributed by atoms with Gasteiger partial charge >= 0.3 is 0 Å². The van der Waals surface area contributed by atoms with E-state index in [1.165, 1.54) is 18.5 Å². The quantitative estimate of drug-likeness (QED) is 0.602. The SMILES string of the molecule is Cc1nn2ccccc2c1-c1cnc(NC(=O)c2c(F)cccc2F)cn1. The van der Waals surface area contributed by atoms with Crippen LogP contribution < -0.4 is 5.32 Å². The van der Waals surface area contributed by atoms with E-state index in [1.807, 2.05) is 31.3 Å². The fourth-order valence-electron chi connectivity index (χ4n) is 2.85. The van der Waals surface area contributed by atoms with Crippen molar-refractivity contribution < 1.29 is 13.6 Å². The Hall–Kier alpha value is -3.68. The van der Waals surface area contributed by atoms with Crippen LogP contribution in [0.5, 0.6) is 0 Å². The molecular formula is C19H13F2N5O. The first-order valence-corrected chi connectivity index (χ1v) is 8.06. The molecule has 6 nitrogen and oxygen atoms in total. The molecule has 0 saturated heterocycles. The predicted molar refractivity (Wildman–Crippen MR) is 95.3 cm³/mol. The molecule has 0 fully saturated rings. The van der Waals surface area contributed by atoms with Crippen molar-refractivity contribution in [2.45, 2.75) is 6.92 Å². The normalized spacial score (nSPS) is 10.9. The summed E-state index contributed by atoms with van der Waals surface area (Å²) in [6.45, 7) is 1.86. The highest BCUT2D eigenvalue weighted by Gasteiger charge is 2.18. The molecule has 1 amide bonds. The van der Waals surface area contributed by atoms with Crippen molar-refractivity contribution in [3.8, 4) is 11.3 Å². The number of hydrogen-bond acceptors (Lipinski definition) is 4. The zero-order valence-corrected chi connectivity index (χ0v) is 14.1. The second-order valence-corrected chi connectivity index (χ2v) is 5.83. The summed E-state index contributed by atoms with van der Waals surface area (Å²) in [5, 5.41) is 6.77.